The summed E-state index contributed by atoms with van der Waals surface area (Å²) >= 11 is 3.54. The molecule has 4 rings (SSSR count). The van der Waals surface area contributed by atoms with Gasteiger partial charge in [-0.15, -0.1) is 0 Å². The number of methoxy groups -OCH3 is 1. The van der Waals surface area contributed by atoms with Crippen LogP contribution < -0.4 is 24.4 Å². The second-order valence-corrected chi connectivity index (χ2v) is 11.3. The number of hydrogen-bond acceptors (Lipinski definition) is 7. The minimum atomic E-state index is -0.622. The van der Waals surface area contributed by atoms with E-state index in [4.69, 9.17) is 19.2 Å². The highest BCUT2D eigenvalue weighted by Gasteiger charge is 2.33. The quantitative estimate of drug-likeness (QED) is 0.246. The lowest BCUT2D eigenvalue weighted by Gasteiger charge is -2.25. The van der Waals surface area contributed by atoms with E-state index < -0.39 is 12.0 Å². The first-order valence-corrected chi connectivity index (χ1v) is 14.5. The van der Waals surface area contributed by atoms with Crippen molar-refractivity contribution in [3.05, 3.63) is 88.1 Å². The first-order chi connectivity index (χ1) is 18.3. The van der Waals surface area contributed by atoms with E-state index in [1.165, 1.54) is 18.4 Å². The molecule has 0 amide bonds. The molecule has 1 aliphatic rings. The lowest BCUT2D eigenvalue weighted by molar-refractivity contribution is -0.136. The number of benzene rings is 2. The summed E-state index contributed by atoms with van der Waals surface area (Å²) in [5.74, 6) is 1.24. The fourth-order valence-corrected chi connectivity index (χ4v) is 6.09. The molecule has 38 heavy (non-hydrogen) atoms. The molecular formula is C29H31IN2O5S. The number of thiazole rings is 1. The van der Waals surface area contributed by atoms with Crippen molar-refractivity contribution in [2.75, 3.05) is 20.3 Å². The molecule has 1 atom stereocenters. The van der Waals surface area contributed by atoms with Crippen LogP contribution in [-0.4, -0.2) is 30.9 Å². The molecule has 0 spiro atoms. The average Bonchev–Trinajstić information content (AvgIpc) is 3.21. The summed E-state index contributed by atoms with van der Waals surface area (Å²) in [5.41, 5.74) is 2.44. The van der Waals surface area contributed by atoms with Crippen molar-refractivity contribution in [1.29, 1.82) is 0 Å². The normalized spacial score (nSPS) is 15.3. The summed E-state index contributed by atoms with van der Waals surface area (Å²) in [5, 5.41) is 0. The molecule has 0 fully saturated rings. The van der Waals surface area contributed by atoms with Gasteiger partial charge in [0.2, 0.25) is 0 Å². The number of ether oxygens (including phenoxy) is 3. The number of esters is 1. The Morgan fingerprint density at radius 3 is 2.55 bits per heavy atom. The Kier molecular flexibility index (Phi) is 9.09. The van der Waals surface area contributed by atoms with Crippen molar-refractivity contribution in [3.63, 3.8) is 0 Å². The van der Waals surface area contributed by atoms with Crippen LogP contribution in [0.3, 0.4) is 0 Å². The molecule has 0 radical (unpaired) electrons. The molecule has 3 aromatic rings. The molecule has 0 saturated heterocycles. The lowest BCUT2D eigenvalue weighted by atomic mass is 9.95. The van der Waals surface area contributed by atoms with Crippen LogP contribution in [0.15, 0.2) is 63.5 Å². The summed E-state index contributed by atoms with van der Waals surface area (Å²) in [6.07, 6.45) is 2.38. The number of halogens is 1. The van der Waals surface area contributed by atoms with E-state index in [0.29, 0.717) is 57.7 Å². The highest BCUT2D eigenvalue weighted by Crippen LogP contribution is 2.35. The van der Waals surface area contributed by atoms with Crippen LogP contribution in [0, 0.1) is 9.49 Å². The van der Waals surface area contributed by atoms with Gasteiger partial charge >= 0.3 is 5.97 Å². The molecule has 0 aliphatic carbocycles. The van der Waals surface area contributed by atoms with Gasteiger partial charge in [-0.3, -0.25) is 9.36 Å². The summed E-state index contributed by atoms with van der Waals surface area (Å²) in [4.78, 5) is 32.0. The van der Waals surface area contributed by atoms with Crippen LogP contribution in [-0.2, 0) is 9.53 Å². The Morgan fingerprint density at radius 2 is 1.92 bits per heavy atom. The van der Waals surface area contributed by atoms with E-state index in [-0.39, 0.29) is 5.56 Å². The molecule has 0 unspecified atom stereocenters. The van der Waals surface area contributed by atoms with E-state index >= 15 is 0 Å². The number of hydrogen-bond donors (Lipinski definition) is 0. The lowest BCUT2D eigenvalue weighted by Crippen LogP contribution is -2.40. The number of fused-ring (bicyclic) bond motifs is 1. The smallest absolute Gasteiger partial charge is 0.338 e. The Hall–Kier alpha value is -2.92. The van der Waals surface area contributed by atoms with Gasteiger partial charge in [0.1, 0.15) is 0 Å². The molecule has 0 saturated carbocycles. The zero-order valence-corrected chi connectivity index (χ0v) is 25.1. The standard InChI is InChI=1S/C29H31IN2O5S/c1-6-21-24(28(34)35-5)25(19-11-9-8-10-12-19)32-27(33)23(38-29(32)31-21)15-18-13-20(30)26(37-16-17(3)4)22(14-18)36-7-2/h8-15,17,25H,6-7,16H2,1-5H3/b23-15+/t25-/m1/s1. The Balaban J connectivity index is 1.90. The zero-order valence-electron chi connectivity index (χ0n) is 22.1. The molecule has 200 valence electrons. The Morgan fingerprint density at radius 1 is 1.18 bits per heavy atom. The molecule has 9 heteroatoms. The van der Waals surface area contributed by atoms with Crippen LogP contribution in [0.1, 0.15) is 51.3 Å². The average molecular weight is 647 g/mol. The maximum absolute atomic E-state index is 13.8. The first-order valence-electron chi connectivity index (χ1n) is 12.6. The third-order valence-corrected chi connectivity index (χ3v) is 7.74. The summed E-state index contributed by atoms with van der Waals surface area (Å²) in [6.45, 7) is 9.14. The van der Waals surface area contributed by atoms with Gasteiger partial charge in [-0.2, -0.15) is 0 Å². The van der Waals surface area contributed by atoms with E-state index in [0.717, 1.165) is 14.7 Å². The second-order valence-electron chi connectivity index (χ2n) is 9.17. The first kappa shape index (κ1) is 28.1. The van der Waals surface area contributed by atoms with E-state index in [1.807, 2.05) is 62.4 Å². The van der Waals surface area contributed by atoms with Crippen molar-refractivity contribution in [2.45, 2.75) is 40.2 Å². The number of nitrogens with zero attached hydrogens (tertiary/aromatic N) is 2. The monoisotopic (exact) mass is 646 g/mol. The van der Waals surface area contributed by atoms with E-state index in [1.54, 1.807) is 4.57 Å². The van der Waals surface area contributed by atoms with Crippen molar-refractivity contribution in [3.8, 4) is 11.5 Å². The summed E-state index contributed by atoms with van der Waals surface area (Å²) in [7, 11) is 1.35. The van der Waals surface area contributed by atoms with Crippen molar-refractivity contribution >= 4 is 46.0 Å². The third-order valence-electron chi connectivity index (χ3n) is 5.96. The Bertz CT molecular complexity index is 1540. The third kappa shape index (κ3) is 5.73. The minimum Gasteiger partial charge on any atom is -0.490 e. The van der Waals surface area contributed by atoms with Crippen LogP contribution in [0.4, 0.5) is 0 Å². The highest BCUT2D eigenvalue weighted by atomic mass is 127. The minimum absolute atomic E-state index is 0.215. The van der Waals surface area contributed by atoms with Gasteiger partial charge in [-0.05, 0) is 71.2 Å². The summed E-state index contributed by atoms with van der Waals surface area (Å²) in [6, 6.07) is 12.8. The maximum atomic E-state index is 13.8. The predicted octanol–water partition coefficient (Wildman–Crippen LogP) is 4.84. The van der Waals surface area contributed by atoms with E-state index in [2.05, 4.69) is 36.4 Å². The molecule has 2 aromatic carbocycles. The molecule has 0 bridgehead atoms. The number of aromatic nitrogens is 1. The van der Waals surface area contributed by atoms with Gasteiger partial charge in [0.05, 0.1) is 45.7 Å². The van der Waals surface area contributed by atoms with Gasteiger partial charge in [0, 0.05) is 0 Å². The van der Waals surface area contributed by atoms with Crippen LogP contribution in [0.25, 0.3) is 6.08 Å². The number of carbonyl (C=O) groups excluding carboxylic acids is 1. The summed E-state index contributed by atoms with van der Waals surface area (Å²) < 4.78 is 20.1. The van der Waals surface area contributed by atoms with Crippen molar-refractivity contribution < 1.29 is 19.0 Å². The van der Waals surface area contributed by atoms with E-state index in [9.17, 15) is 9.59 Å². The van der Waals surface area contributed by atoms with Gasteiger partial charge in [0.25, 0.3) is 5.56 Å². The molecule has 1 aromatic heterocycles. The topological polar surface area (TPSA) is 79.1 Å². The fourth-order valence-electron chi connectivity index (χ4n) is 4.29. The van der Waals surface area contributed by atoms with Crippen LogP contribution >= 0.6 is 33.9 Å². The molecule has 0 N–H and O–H groups in total. The van der Waals surface area contributed by atoms with Crippen LogP contribution in [0.2, 0.25) is 0 Å². The number of allylic oxidation sites excluding steroid dienone is 1. The zero-order chi connectivity index (χ0) is 27.4. The second kappa shape index (κ2) is 12.3. The predicted molar refractivity (Wildman–Crippen MR) is 158 cm³/mol. The molecular weight excluding hydrogens is 615 g/mol. The largest absolute Gasteiger partial charge is 0.490 e. The van der Waals surface area contributed by atoms with Gasteiger partial charge < -0.3 is 14.2 Å². The SMILES string of the molecule is CCOc1cc(/C=c2/sc3n(c2=O)[C@H](c2ccccc2)C(C(=O)OC)=C(CC)N=3)cc(I)c1OCC(C)C. The maximum Gasteiger partial charge on any atom is 0.338 e. The van der Waals surface area contributed by atoms with Gasteiger partial charge in [-0.25, -0.2) is 9.79 Å². The van der Waals surface area contributed by atoms with Crippen LogP contribution in [0.5, 0.6) is 11.5 Å². The molecule has 1 aliphatic heterocycles. The van der Waals surface area contributed by atoms with Gasteiger partial charge in [-0.1, -0.05) is 62.4 Å². The number of carbonyl (C=O) groups is 1. The van der Waals surface area contributed by atoms with Crippen molar-refractivity contribution in [2.24, 2.45) is 10.9 Å². The molecule has 2 heterocycles. The molecule has 7 nitrogen and oxygen atoms in total. The van der Waals surface area contributed by atoms with Gasteiger partial charge in [0.15, 0.2) is 16.3 Å². The Labute approximate surface area is 239 Å². The number of rotatable bonds is 9. The fraction of sp³-hybridized carbons (Fsp3) is 0.345. The van der Waals surface area contributed by atoms with Crippen molar-refractivity contribution in [1.82, 2.24) is 4.57 Å². The highest BCUT2D eigenvalue weighted by molar-refractivity contribution is 14.1.